The molecule has 0 unspecified atom stereocenters. The van der Waals surface area contributed by atoms with E-state index in [1.807, 2.05) is 24.3 Å². The Kier molecular flexibility index (Phi) is 4.71. The van der Waals surface area contributed by atoms with Gasteiger partial charge in [0.05, 0.1) is 5.52 Å². The molecule has 1 aromatic heterocycles. The molecule has 0 aliphatic rings. The predicted octanol–water partition coefficient (Wildman–Crippen LogP) is 3.75. The number of fused-ring (bicyclic) bond motifs is 1. The number of hydrogen-bond donors (Lipinski definition) is 1. The highest BCUT2D eigenvalue weighted by atomic mass is 35.5. The second-order valence-electron chi connectivity index (χ2n) is 5.64. The van der Waals surface area contributed by atoms with Crippen molar-refractivity contribution in [3.8, 4) is 0 Å². The van der Waals surface area contributed by atoms with Crippen molar-refractivity contribution in [1.29, 1.82) is 0 Å². The van der Waals surface area contributed by atoms with Gasteiger partial charge >= 0.3 is 5.76 Å². The highest BCUT2D eigenvalue weighted by Crippen LogP contribution is 2.18. The monoisotopic (exact) mass is 344 g/mol. The Morgan fingerprint density at radius 3 is 2.88 bits per heavy atom. The van der Waals surface area contributed by atoms with E-state index in [4.69, 9.17) is 16.0 Å². The standard InChI is InChI=1S/C18H17ClN2O3/c1-21-15-11-14(8-9-16(15)24-18(21)23)20-17(22)7-3-5-12-4-2-6-13(19)10-12/h2,4,6,8-11H,3,5,7H2,1H3,(H,20,22). The third-order valence-corrected chi connectivity index (χ3v) is 4.07. The molecule has 124 valence electrons. The van der Waals surface area contributed by atoms with Gasteiger partial charge in [-0.2, -0.15) is 0 Å². The number of oxazole rings is 1. The Morgan fingerprint density at radius 2 is 2.08 bits per heavy atom. The van der Waals surface area contributed by atoms with Crippen LogP contribution < -0.4 is 11.1 Å². The molecule has 1 N–H and O–H groups in total. The number of nitrogens with one attached hydrogen (secondary N) is 1. The van der Waals surface area contributed by atoms with E-state index in [0.29, 0.717) is 28.2 Å². The fourth-order valence-corrected chi connectivity index (χ4v) is 2.79. The summed E-state index contributed by atoms with van der Waals surface area (Å²) in [6, 6.07) is 12.8. The average Bonchev–Trinajstić information content (AvgIpc) is 2.82. The fourth-order valence-electron chi connectivity index (χ4n) is 2.57. The van der Waals surface area contributed by atoms with Crippen molar-refractivity contribution in [3.05, 3.63) is 63.6 Å². The smallest absolute Gasteiger partial charge is 0.408 e. The van der Waals surface area contributed by atoms with Crippen molar-refractivity contribution in [2.24, 2.45) is 7.05 Å². The molecule has 5 nitrogen and oxygen atoms in total. The molecule has 0 bridgehead atoms. The van der Waals surface area contributed by atoms with Crippen molar-refractivity contribution in [2.75, 3.05) is 5.32 Å². The molecule has 0 aliphatic carbocycles. The number of carbonyl (C=O) groups is 1. The van der Waals surface area contributed by atoms with Gasteiger partial charge in [-0.1, -0.05) is 23.7 Å². The molecule has 1 heterocycles. The maximum atomic E-state index is 12.1. The second kappa shape index (κ2) is 6.93. The number of rotatable bonds is 5. The van der Waals surface area contributed by atoms with Crippen LogP contribution in [0.2, 0.25) is 5.02 Å². The molecule has 2 aromatic carbocycles. The average molecular weight is 345 g/mol. The number of hydrogen-bond acceptors (Lipinski definition) is 3. The number of benzene rings is 2. The van der Waals surface area contributed by atoms with Gasteiger partial charge in [0.15, 0.2) is 5.58 Å². The molecule has 0 fully saturated rings. The lowest BCUT2D eigenvalue weighted by atomic mass is 10.1. The number of aromatic nitrogens is 1. The van der Waals surface area contributed by atoms with Crippen LogP contribution >= 0.6 is 11.6 Å². The Hall–Kier alpha value is -2.53. The van der Waals surface area contributed by atoms with E-state index in [9.17, 15) is 9.59 Å². The summed E-state index contributed by atoms with van der Waals surface area (Å²) >= 11 is 5.94. The van der Waals surface area contributed by atoms with Crippen LogP contribution in [-0.4, -0.2) is 10.5 Å². The Morgan fingerprint density at radius 1 is 1.25 bits per heavy atom. The first-order chi connectivity index (χ1) is 11.5. The SMILES string of the molecule is Cn1c(=O)oc2ccc(NC(=O)CCCc3cccc(Cl)c3)cc21. The minimum Gasteiger partial charge on any atom is -0.408 e. The first kappa shape index (κ1) is 16.3. The highest BCUT2D eigenvalue weighted by molar-refractivity contribution is 6.30. The van der Waals surface area contributed by atoms with Gasteiger partial charge in [-0.15, -0.1) is 0 Å². The van der Waals surface area contributed by atoms with Crippen molar-refractivity contribution >= 4 is 34.3 Å². The summed E-state index contributed by atoms with van der Waals surface area (Å²) in [6.45, 7) is 0. The van der Waals surface area contributed by atoms with Gasteiger partial charge in [-0.3, -0.25) is 9.36 Å². The third-order valence-electron chi connectivity index (χ3n) is 3.83. The lowest BCUT2D eigenvalue weighted by Gasteiger charge is -2.06. The molecule has 0 radical (unpaired) electrons. The summed E-state index contributed by atoms with van der Waals surface area (Å²) in [6.07, 6.45) is 1.94. The fraction of sp³-hybridized carbons (Fsp3) is 0.222. The molecule has 0 saturated carbocycles. The predicted molar refractivity (Wildman–Crippen MR) is 94.5 cm³/mol. The van der Waals surface area contributed by atoms with Crippen LogP contribution in [0.15, 0.2) is 51.7 Å². The maximum absolute atomic E-state index is 12.1. The summed E-state index contributed by atoms with van der Waals surface area (Å²) < 4.78 is 6.47. The van der Waals surface area contributed by atoms with E-state index in [0.717, 1.165) is 18.4 Å². The maximum Gasteiger partial charge on any atom is 0.419 e. The molecular weight excluding hydrogens is 328 g/mol. The minimum atomic E-state index is -0.421. The lowest BCUT2D eigenvalue weighted by molar-refractivity contribution is -0.116. The zero-order valence-electron chi connectivity index (χ0n) is 13.2. The van der Waals surface area contributed by atoms with Crippen LogP contribution in [0.5, 0.6) is 0 Å². The van der Waals surface area contributed by atoms with E-state index in [1.54, 1.807) is 25.2 Å². The van der Waals surface area contributed by atoms with Crippen LogP contribution in [-0.2, 0) is 18.3 Å². The molecule has 1 amide bonds. The first-order valence-corrected chi connectivity index (χ1v) is 8.04. The molecule has 0 spiro atoms. The summed E-state index contributed by atoms with van der Waals surface area (Å²) in [7, 11) is 1.63. The van der Waals surface area contributed by atoms with Gasteiger partial charge in [0.25, 0.3) is 0 Å². The van der Waals surface area contributed by atoms with Crippen molar-refractivity contribution in [3.63, 3.8) is 0 Å². The van der Waals surface area contributed by atoms with E-state index in [-0.39, 0.29) is 5.91 Å². The van der Waals surface area contributed by atoms with Crippen LogP contribution in [0.4, 0.5) is 5.69 Å². The topological polar surface area (TPSA) is 64.2 Å². The summed E-state index contributed by atoms with van der Waals surface area (Å²) in [4.78, 5) is 23.5. The Balaban J connectivity index is 1.58. The number of anilines is 1. The minimum absolute atomic E-state index is 0.0649. The van der Waals surface area contributed by atoms with Gasteiger partial charge in [-0.25, -0.2) is 4.79 Å². The quantitative estimate of drug-likeness (QED) is 0.766. The molecule has 3 rings (SSSR count). The Labute approximate surface area is 143 Å². The Bertz CT molecular complexity index is 943. The van der Waals surface area contributed by atoms with Crippen LogP contribution in [0, 0.1) is 0 Å². The lowest BCUT2D eigenvalue weighted by Crippen LogP contribution is -2.12. The largest absolute Gasteiger partial charge is 0.419 e. The number of nitrogens with zero attached hydrogens (tertiary/aromatic N) is 1. The first-order valence-electron chi connectivity index (χ1n) is 7.67. The molecule has 24 heavy (non-hydrogen) atoms. The number of aryl methyl sites for hydroxylation is 2. The van der Waals surface area contributed by atoms with Crippen LogP contribution in [0.3, 0.4) is 0 Å². The molecule has 0 aliphatic heterocycles. The van der Waals surface area contributed by atoms with Crippen LogP contribution in [0.25, 0.3) is 11.1 Å². The molecule has 0 atom stereocenters. The van der Waals surface area contributed by atoms with Gasteiger partial charge in [0.1, 0.15) is 0 Å². The number of halogens is 1. The zero-order chi connectivity index (χ0) is 17.1. The third kappa shape index (κ3) is 3.68. The molecule has 3 aromatic rings. The van der Waals surface area contributed by atoms with E-state index in [2.05, 4.69) is 5.32 Å². The summed E-state index contributed by atoms with van der Waals surface area (Å²) in [5.41, 5.74) is 2.91. The second-order valence-corrected chi connectivity index (χ2v) is 6.08. The highest BCUT2D eigenvalue weighted by Gasteiger charge is 2.08. The van der Waals surface area contributed by atoms with Gasteiger partial charge < -0.3 is 9.73 Å². The van der Waals surface area contributed by atoms with E-state index in [1.165, 1.54) is 4.57 Å². The van der Waals surface area contributed by atoms with Crippen LogP contribution in [0.1, 0.15) is 18.4 Å². The van der Waals surface area contributed by atoms with E-state index >= 15 is 0 Å². The molecule has 0 saturated heterocycles. The normalized spacial score (nSPS) is 10.9. The van der Waals surface area contributed by atoms with Gasteiger partial charge in [0.2, 0.25) is 5.91 Å². The van der Waals surface area contributed by atoms with Crippen molar-refractivity contribution < 1.29 is 9.21 Å². The molecule has 6 heteroatoms. The van der Waals surface area contributed by atoms with Crippen molar-refractivity contribution in [1.82, 2.24) is 4.57 Å². The van der Waals surface area contributed by atoms with E-state index < -0.39 is 5.76 Å². The number of amides is 1. The van der Waals surface area contributed by atoms with Gasteiger partial charge in [-0.05, 0) is 48.7 Å². The van der Waals surface area contributed by atoms with Crippen molar-refractivity contribution in [2.45, 2.75) is 19.3 Å². The molecular formula is C18H17ClN2O3. The summed E-state index contributed by atoms with van der Waals surface area (Å²) in [5, 5.41) is 3.55. The van der Waals surface area contributed by atoms with Gasteiger partial charge in [0, 0.05) is 24.2 Å². The zero-order valence-corrected chi connectivity index (χ0v) is 14.0. The summed E-state index contributed by atoms with van der Waals surface area (Å²) in [5.74, 6) is -0.486. The number of carbonyl (C=O) groups excluding carboxylic acids is 1.